The van der Waals surface area contributed by atoms with Gasteiger partial charge in [-0.2, -0.15) is 5.43 Å². The molecular formula is C18H17BrN4O2. The van der Waals surface area contributed by atoms with Gasteiger partial charge >= 0.3 is 11.8 Å². The number of carbonyl (C=O) groups excluding carboxylic acids is 2. The van der Waals surface area contributed by atoms with Crippen molar-refractivity contribution in [2.75, 3.05) is 18.0 Å². The summed E-state index contributed by atoms with van der Waals surface area (Å²) in [5.74, 6) is -0.978. The zero-order valence-corrected chi connectivity index (χ0v) is 15.0. The summed E-state index contributed by atoms with van der Waals surface area (Å²) in [5, 5.41) is 1.41. The van der Waals surface area contributed by atoms with Crippen LogP contribution in [0.4, 0.5) is 5.69 Å². The topological polar surface area (TPSA) is 55.9 Å². The number of anilines is 1. The molecule has 2 fully saturated rings. The molecule has 2 aliphatic heterocycles. The van der Waals surface area contributed by atoms with E-state index in [4.69, 9.17) is 0 Å². The van der Waals surface area contributed by atoms with E-state index >= 15 is 0 Å². The molecule has 2 saturated heterocycles. The van der Waals surface area contributed by atoms with E-state index in [1.165, 1.54) is 5.01 Å². The molecule has 0 radical (unpaired) electrons. The van der Waals surface area contributed by atoms with Crippen LogP contribution in [0.15, 0.2) is 59.1 Å². The first-order valence-corrected chi connectivity index (χ1v) is 8.87. The van der Waals surface area contributed by atoms with Crippen LogP contribution in [0.25, 0.3) is 0 Å². The third-order valence-corrected chi connectivity index (χ3v) is 5.00. The number of para-hydroxylation sites is 1. The van der Waals surface area contributed by atoms with Crippen LogP contribution in [0.3, 0.4) is 0 Å². The van der Waals surface area contributed by atoms with Gasteiger partial charge in [0.15, 0.2) is 6.29 Å². The molecule has 2 amide bonds. The predicted octanol–water partition coefficient (Wildman–Crippen LogP) is 1.93. The van der Waals surface area contributed by atoms with Crippen molar-refractivity contribution in [1.82, 2.24) is 15.3 Å². The maximum Gasteiger partial charge on any atom is 0.326 e. The molecule has 1 atom stereocenters. The maximum atomic E-state index is 12.5. The Bertz CT molecular complexity index is 796. The van der Waals surface area contributed by atoms with Crippen molar-refractivity contribution in [3.63, 3.8) is 0 Å². The third kappa shape index (κ3) is 3.01. The second-order valence-electron chi connectivity index (χ2n) is 6.05. The number of fused-ring (bicyclic) bond motifs is 1. The van der Waals surface area contributed by atoms with Gasteiger partial charge in [-0.05, 0) is 29.8 Å². The lowest BCUT2D eigenvalue weighted by Crippen LogP contribution is -2.67. The third-order valence-electron chi connectivity index (χ3n) is 4.47. The van der Waals surface area contributed by atoms with E-state index < -0.39 is 11.8 Å². The standard InChI is InChI=1S/C18H17BrN4O2/c19-14-8-6-13(7-9-14)12-23-17(25)16(24)22-11-10-21(18(22)20-23)15-4-2-1-3-5-15/h1-9,18,20H,10-12H2. The highest BCUT2D eigenvalue weighted by atomic mass is 79.9. The normalized spacial score (nSPS) is 20.2. The summed E-state index contributed by atoms with van der Waals surface area (Å²) in [4.78, 5) is 28.6. The molecule has 0 spiro atoms. The van der Waals surface area contributed by atoms with E-state index in [1.807, 2.05) is 54.6 Å². The van der Waals surface area contributed by atoms with Crippen molar-refractivity contribution in [3.05, 3.63) is 64.6 Å². The molecule has 128 valence electrons. The molecule has 2 aliphatic rings. The molecule has 2 aromatic carbocycles. The zero-order chi connectivity index (χ0) is 17.4. The minimum Gasteiger partial charge on any atom is -0.336 e. The largest absolute Gasteiger partial charge is 0.336 e. The van der Waals surface area contributed by atoms with Crippen molar-refractivity contribution in [2.45, 2.75) is 12.8 Å². The molecule has 2 aromatic rings. The van der Waals surface area contributed by atoms with Gasteiger partial charge in [-0.3, -0.25) is 19.5 Å². The van der Waals surface area contributed by atoms with Crippen molar-refractivity contribution in [1.29, 1.82) is 0 Å². The van der Waals surface area contributed by atoms with Crippen LogP contribution in [0.2, 0.25) is 0 Å². The summed E-state index contributed by atoms with van der Waals surface area (Å²) in [6.45, 7) is 1.56. The Balaban J connectivity index is 1.57. The average molecular weight is 401 g/mol. The number of hydrogen-bond acceptors (Lipinski definition) is 4. The van der Waals surface area contributed by atoms with Gasteiger partial charge in [-0.15, -0.1) is 0 Å². The van der Waals surface area contributed by atoms with Gasteiger partial charge in [0.25, 0.3) is 0 Å². The SMILES string of the molecule is O=C1C(=O)N2CCN(c3ccccc3)C2NN1Cc1ccc(Br)cc1. The molecule has 25 heavy (non-hydrogen) atoms. The first kappa shape index (κ1) is 16.1. The smallest absolute Gasteiger partial charge is 0.326 e. The number of rotatable bonds is 3. The number of benzene rings is 2. The molecule has 2 heterocycles. The zero-order valence-electron chi connectivity index (χ0n) is 13.4. The second-order valence-corrected chi connectivity index (χ2v) is 6.96. The summed E-state index contributed by atoms with van der Waals surface area (Å²) in [7, 11) is 0. The first-order valence-electron chi connectivity index (χ1n) is 8.08. The van der Waals surface area contributed by atoms with Crippen molar-refractivity contribution >= 4 is 33.4 Å². The number of carbonyl (C=O) groups is 2. The number of amides is 2. The first-order chi connectivity index (χ1) is 12.1. The fourth-order valence-electron chi connectivity index (χ4n) is 3.20. The van der Waals surface area contributed by atoms with Crippen LogP contribution < -0.4 is 10.3 Å². The van der Waals surface area contributed by atoms with Crippen LogP contribution in [-0.2, 0) is 16.1 Å². The molecule has 1 unspecified atom stereocenters. The minimum atomic E-state index is -0.519. The summed E-state index contributed by atoms with van der Waals surface area (Å²) in [5.41, 5.74) is 5.19. The number of halogens is 1. The molecule has 7 heteroatoms. The van der Waals surface area contributed by atoms with Gasteiger partial charge in [0, 0.05) is 23.2 Å². The number of nitrogens with one attached hydrogen (secondary N) is 1. The van der Waals surface area contributed by atoms with Crippen LogP contribution in [0, 0.1) is 0 Å². The molecule has 1 N–H and O–H groups in total. The maximum absolute atomic E-state index is 12.5. The summed E-state index contributed by atoms with van der Waals surface area (Å²) < 4.78 is 0.975. The fraction of sp³-hybridized carbons (Fsp3) is 0.222. The lowest BCUT2D eigenvalue weighted by Gasteiger charge is -2.40. The minimum absolute atomic E-state index is 0.338. The van der Waals surface area contributed by atoms with Crippen LogP contribution in [0.5, 0.6) is 0 Å². The van der Waals surface area contributed by atoms with Gasteiger partial charge in [-0.1, -0.05) is 46.3 Å². The molecule has 6 nitrogen and oxygen atoms in total. The number of hydrogen-bond donors (Lipinski definition) is 1. The molecule has 0 bridgehead atoms. The van der Waals surface area contributed by atoms with Gasteiger partial charge in [-0.25, -0.2) is 0 Å². The quantitative estimate of drug-likeness (QED) is 0.799. The average Bonchev–Trinajstić information content (AvgIpc) is 3.06. The molecule has 4 rings (SSSR count). The Hall–Kier alpha value is -2.38. The van der Waals surface area contributed by atoms with Crippen molar-refractivity contribution in [2.24, 2.45) is 0 Å². The Labute approximate surface area is 154 Å². The molecular weight excluding hydrogens is 384 g/mol. The van der Waals surface area contributed by atoms with E-state index in [9.17, 15) is 9.59 Å². The van der Waals surface area contributed by atoms with Crippen molar-refractivity contribution < 1.29 is 9.59 Å². The highest BCUT2D eigenvalue weighted by molar-refractivity contribution is 9.10. The van der Waals surface area contributed by atoms with Crippen molar-refractivity contribution in [3.8, 4) is 0 Å². The fourth-order valence-corrected chi connectivity index (χ4v) is 3.46. The predicted molar refractivity (Wildman–Crippen MR) is 97.1 cm³/mol. The lowest BCUT2D eigenvalue weighted by molar-refractivity contribution is -0.163. The number of nitrogens with zero attached hydrogens (tertiary/aromatic N) is 3. The molecule has 0 saturated carbocycles. The Morgan fingerprint density at radius 2 is 1.60 bits per heavy atom. The molecule has 0 aromatic heterocycles. The Morgan fingerprint density at radius 1 is 0.920 bits per heavy atom. The van der Waals surface area contributed by atoms with Gasteiger partial charge < -0.3 is 4.90 Å². The van der Waals surface area contributed by atoms with E-state index in [-0.39, 0.29) is 6.29 Å². The second kappa shape index (κ2) is 6.50. The highest BCUT2D eigenvalue weighted by Gasteiger charge is 2.45. The van der Waals surface area contributed by atoms with Crippen LogP contribution >= 0.6 is 15.9 Å². The molecule has 0 aliphatic carbocycles. The van der Waals surface area contributed by atoms with E-state index in [1.54, 1.807) is 4.90 Å². The number of hydrazine groups is 1. The van der Waals surface area contributed by atoms with Crippen LogP contribution in [-0.4, -0.2) is 41.1 Å². The summed E-state index contributed by atoms with van der Waals surface area (Å²) >= 11 is 3.40. The van der Waals surface area contributed by atoms with E-state index in [0.29, 0.717) is 19.6 Å². The monoisotopic (exact) mass is 400 g/mol. The van der Waals surface area contributed by atoms with E-state index in [0.717, 1.165) is 15.7 Å². The summed E-state index contributed by atoms with van der Waals surface area (Å²) in [6.07, 6.45) is -0.344. The van der Waals surface area contributed by atoms with Gasteiger partial charge in [0.2, 0.25) is 0 Å². The summed E-state index contributed by atoms with van der Waals surface area (Å²) in [6, 6.07) is 17.6. The Kier molecular flexibility index (Phi) is 4.19. The lowest BCUT2D eigenvalue weighted by atomic mass is 10.2. The van der Waals surface area contributed by atoms with Gasteiger partial charge in [0.05, 0.1) is 6.54 Å². The van der Waals surface area contributed by atoms with E-state index in [2.05, 4.69) is 26.3 Å². The Morgan fingerprint density at radius 3 is 2.32 bits per heavy atom. The van der Waals surface area contributed by atoms with Gasteiger partial charge in [0.1, 0.15) is 0 Å². The van der Waals surface area contributed by atoms with Crippen LogP contribution in [0.1, 0.15) is 5.56 Å². The highest BCUT2D eigenvalue weighted by Crippen LogP contribution is 2.25.